The quantitative estimate of drug-likeness (QED) is 0.781. The van der Waals surface area contributed by atoms with Crippen molar-refractivity contribution in [3.05, 3.63) is 33.8 Å². The Hall–Kier alpha value is -0.480. The highest BCUT2D eigenvalue weighted by molar-refractivity contribution is 9.10. The van der Waals surface area contributed by atoms with Gasteiger partial charge in [0, 0.05) is 11.1 Å². The first kappa shape index (κ1) is 11.0. The van der Waals surface area contributed by atoms with Crippen molar-refractivity contribution in [3.63, 3.8) is 0 Å². The summed E-state index contributed by atoms with van der Waals surface area (Å²) in [7, 11) is 0. The van der Waals surface area contributed by atoms with Crippen LogP contribution in [0.4, 0.5) is 8.78 Å². The second-order valence-corrected chi connectivity index (χ2v) is 4.88. The summed E-state index contributed by atoms with van der Waals surface area (Å²) in [4.78, 5) is 0. The third-order valence-corrected chi connectivity index (χ3v) is 3.79. The minimum atomic E-state index is -0.611. The second-order valence-electron chi connectivity index (χ2n) is 4.09. The lowest BCUT2D eigenvalue weighted by Gasteiger charge is -2.25. The molecule has 0 radical (unpaired) electrons. The van der Waals surface area contributed by atoms with Crippen molar-refractivity contribution in [1.29, 1.82) is 0 Å². The van der Waals surface area contributed by atoms with E-state index >= 15 is 0 Å². The average Bonchev–Trinajstić information content (AvgIpc) is 2.62. The monoisotopic (exact) mass is 275 g/mol. The molecule has 0 atom stereocenters. The van der Waals surface area contributed by atoms with Crippen molar-refractivity contribution in [2.24, 2.45) is 5.73 Å². The molecule has 2 N–H and O–H groups in total. The van der Waals surface area contributed by atoms with E-state index in [0.717, 1.165) is 25.7 Å². The molecule has 0 aliphatic heterocycles. The van der Waals surface area contributed by atoms with Gasteiger partial charge < -0.3 is 5.73 Å². The lowest BCUT2D eigenvalue weighted by molar-refractivity contribution is 0.427. The van der Waals surface area contributed by atoms with Gasteiger partial charge in [-0.05, 0) is 34.8 Å². The zero-order chi connectivity index (χ0) is 11.1. The summed E-state index contributed by atoms with van der Waals surface area (Å²) in [6.07, 6.45) is 3.54. The van der Waals surface area contributed by atoms with E-state index in [1.807, 2.05) is 0 Å². The smallest absolute Gasteiger partial charge is 0.145 e. The highest BCUT2D eigenvalue weighted by Gasteiger charge is 2.34. The van der Waals surface area contributed by atoms with E-state index in [0.29, 0.717) is 5.56 Å². The van der Waals surface area contributed by atoms with E-state index in [4.69, 9.17) is 5.73 Å². The van der Waals surface area contributed by atoms with Crippen LogP contribution in [0.2, 0.25) is 0 Å². The molecule has 0 amide bonds. The maximum atomic E-state index is 13.8. The van der Waals surface area contributed by atoms with Gasteiger partial charge in [-0.25, -0.2) is 8.78 Å². The summed E-state index contributed by atoms with van der Waals surface area (Å²) in [6.45, 7) is 0. The van der Waals surface area contributed by atoms with Gasteiger partial charge in [0.2, 0.25) is 0 Å². The molecule has 1 aromatic rings. The van der Waals surface area contributed by atoms with Gasteiger partial charge in [-0.15, -0.1) is 0 Å². The topological polar surface area (TPSA) is 26.0 Å². The molecule has 82 valence electrons. The molecule has 0 spiro atoms. The van der Waals surface area contributed by atoms with E-state index in [-0.39, 0.29) is 4.47 Å². The predicted molar refractivity (Wildman–Crippen MR) is 58.4 cm³/mol. The van der Waals surface area contributed by atoms with Crippen LogP contribution < -0.4 is 5.73 Å². The molecular weight excluding hydrogens is 264 g/mol. The lowest BCUT2D eigenvalue weighted by Crippen LogP contribution is -2.34. The molecule has 1 nitrogen and oxygen atoms in total. The Labute approximate surface area is 95.8 Å². The number of nitrogens with two attached hydrogens (primary N) is 1. The van der Waals surface area contributed by atoms with Crippen molar-refractivity contribution in [1.82, 2.24) is 0 Å². The molecule has 1 aromatic carbocycles. The Balaban J connectivity index is 2.49. The highest BCUT2D eigenvalue weighted by Crippen LogP contribution is 2.39. The SMILES string of the molecule is NC1(c2ccc(F)c(Br)c2F)CCCC1. The van der Waals surface area contributed by atoms with Gasteiger partial charge in [0.15, 0.2) is 0 Å². The van der Waals surface area contributed by atoms with Gasteiger partial charge in [-0.2, -0.15) is 0 Å². The van der Waals surface area contributed by atoms with Crippen LogP contribution >= 0.6 is 15.9 Å². The molecule has 2 rings (SSSR count). The van der Waals surface area contributed by atoms with Gasteiger partial charge in [-0.3, -0.25) is 0 Å². The minimum Gasteiger partial charge on any atom is -0.321 e. The van der Waals surface area contributed by atoms with E-state index in [1.54, 1.807) is 0 Å². The highest BCUT2D eigenvalue weighted by atomic mass is 79.9. The van der Waals surface area contributed by atoms with Crippen LogP contribution in [-0.2, 0) is 5.54 Å². The van der Waals surface area contributed by atoms with Crippen molar-refractivity contribution < 1.29 is 8.78 Å². The third-order valence-electron chi connectivity index (χ3n) is 3.07. The maximum absolute atomic E-state index is 13.8. The fourth-order valence-corrected chi connectivity index (χ4v) is 2.53. The Morgan fingerprint density at radius 1 is 1.20 bits per heavy atom. The summed E-state index contributed by atoms with van der Waals surface area (Å²) in [5, 5.41) is 0. The number of benzene rings is 1. The Kier molecular flexibility index (Phi) is 2.81. The van der Waals surface area contributed by atoms with Crippen LogP contribution in [-0.4, -0.2) is 0 Å². The van der Waals surface area contributed by atoms with Crippen LogP contribution in [0.3, 0.4) is 0 Å². The fourth-order valence-electron chi connectivity index (χ4n) is 2.19. The average molecular weight is 276 g/mol. The molecule has 0 heterocycles. The Morgan fingerprint density at radius 3 is 2.40 bits per heavy atom. The number of hydrogen-bond acceptors (Lipinski definition) is 1. The molecule has 0 aromatic heterocycles. The van der Waals surface area contributed by atoms with Gasteiger partial charge in [0.25, 0.3) is 0 Å². The van der Waals surface area contributed by atoms with Gasteiger partial charge in [0.1, 0.15) is 11.6 Å². The zero-order valence-corrected chi connectivity index (χ0v) is 9.78. The molecule has 0 unspecified atom stereocenters. The molecule has 0 saturated heterocycles. The predicted octanol–water partition coefficient (Wildman–Crippen LogP) is 3.46. The molecule has 1 aliphatic rings. The van der Waals surface area contributed by atoms with Crippen molar-refractivity contribution in [3.8, 4) is 0 Å². The summed E-state index contributed by atoms with van der Waals surface area (Å²) in [6, 6.07) is 2.72. The standard InChI is InChI=1S/C11H12BrF2N/c12-9-8(13)4-3-7(10(9)14)11(15)5-1-2-6-11/h3-4H,1-2,5-6,15H2. The Bertz CT molecular complexity index is 386. The first-order valence-electron chi connectivity index (χ1n) is 4.97. The normalized spacial score (nSPS) is 19.5. The molecule has 4 heteroatoms. The van der Waals surface area contributed by atoms with E-state index in [2.05, 4.69) is 15.9 Å². The number of hydrogen-bond donors (Lipinski definition) is 1. The van der Waals surface area contributed by atoms with Crippen LogP contribution in [0, 0.1) is 11.6 Å². The minimum absolute atomic E-state index is 0.114. The summed E-state index contributed by atoms with van der Waals surface area (Å²) < 4.78 is 26.7. The third kappa shape index (κ3) is 1.81. The first-order chi connectivity index (χ1) is 7.04. The zero-order valence-electron chi connectivity index (χ0n) is 8.19. The van der Waals surface area contributed by atoms with Gasteiger partial charge in [-0.1, -0.05) is 18.9 Å². The molecule has 1 saturated carbocycles. The van der Waals surface area contributed by atoms with Crippen LogP contribution in [0.15, 0.2) is 16.6 Å². The molecule has 0 bridgehead atoms. The second kappa shape index (κ2) is 3.83. The first-order valence-corrected chi connectivity index (χ1v) is 5.77. The van der Waals surface area contributed by atoms with E-state index < -0.39 is 17.2 Å². The summed E-state index contributed by atoms with van der Waals surface area (Å²) in [5.74, 6) is -1.14. The van der Waals surface area contributed by atoms with Crippen LogP contribution in [0.1, 0.15) is 31.2 Å². The molecular formula is C11H12BrF2N. The van der Waals surface area contributed by atoms with E-state index in [9.17, 15) is 8.78 Å². The van der Waals surface area contributed by atoms with Gasteiger partial charge >= 0.3 is 0 Å². The largest absolute Gasteiger partial charge is 0.321 e. The van der Waals surface area contributed by atoms with Crippen LogP contribution in [0.5, 0.6) is 0 Å². The Morgan fingerprint density at radius 2 is 1.80 bits per heavy atom. The summed E-state index contributed by atoms with van der Waals surface area (Å²) >= 11 is 2.90. The molecule has 1 fully saturated rings. The van der Waals surface area contributed by atoms with Gasteiger partial charge in [0.05, 0.1) is 4.47 Å². The van der Waals surface area contributed by atoms with Crippen LogP contribution in [0.25, 0.3) is 0 Å². The molecule has 1 aliphatic carbocycles. The van der Waals surface area contributed by atoms with E-state index in [1.165, 1.54) is 12.1 Å². The van der Waals surface area contributed by atoms with Crippen molar-refractivity contribution in [2.45, 2.75) is 31.2 Å². The number of rotatable bonds is 1. The number of halogens is 3. The fraction of sp³-hybridized carbons (Fsp3) is 0.455. The lowest BCUT2D eigenvalue weighted by atomic mass is 9.89. The van der Waals surface area contributed by atoms with Crippen molar-refractivity contribution in [2.75, 3.05) is 0 Å². The maximum Gasteiger partial charge on any atom is 0.145 e. The summed E-state index contributed by atoms with van der Waals surface area (Å²) in [5.41, 5.74) is 5.93. The molecule has 15 heavy (non-hydrogen) atoms. The van der Waals surface area contributed by atoms with Crippen molar-refractivity contribution >= 4 is 15.9 Å².